The van der Waals surface area contributed by atoms with E-state index in [2.05, 4.69) is 15.5 Å². The fourth-order valence-corrected chi connectivity index (χ4v) is 4.49. The summed E-state index contributed by atoms with van der Waals surface area (Å²) in [6.07, 6.45) is -0.710. The number of aliphatic carboxylic acids is 1. The molecule has 0 aliphatic carbocycles. The van der Waals surface area contributed by atoms with Gasteiger partial charge in [0.25, 0.3) is 0 Å². The van der Waals surface area contributed by atoms with Crippen molar-refractivity contribution >= 4 is 34.2 Å². The van der Waals surface area contributed by atoms with Crippen LogP contribution >= 0.6 is 11.3 Å². The number of thiazole rings is 1. The van der Waals surface area contributed by atoms with Gasteiger partial charge in [0.15, 0.2) is 10.8 Å². The van der Waals surface area contributed by atoms with Gasteiger partial charge in [-0.3, -0.25) is 5.32 Å². The number of nitrogens with zero attached hydrogens (tertiary/aromatic N) is 2. The van der Waals surface area contributed by atoms with Crippen molar-refractivity contribution < 1.29 is 43.1 Å². The van der Waals surface area contributed by atoms with Crippen LogP contribution in [0.4, 0.5) is 9.93 Å². The molecular weight excluding hydrogens is 509 g/mol. The fourth-order valence-electron chi connectivity index (χ4n) is 3.81. The second-order valence-corrected chi connectivity index (χ2v) is 10.1. The van der Waals surface area contributed by atoms with E-state index >= 15 is 0 Å². The van der Waals surface area contributed by atoms with Crippen LogP contribution in [0.25, 0.3) is 0 Å². The van der Waals surface area contributed by atoms with Crippen LogP contribution in [-0.2, 0) is 20.0 Å². The Morgan fingerprint density at radius 3 is 1.72 bits per heavy atom. The van der Waals surface area contributed by atoms with Crippen molar-refractivity contribution in [3.8, 4) is 0 Å². The molecule has 0 bridgehead atoms. The Balaban J connectivity index is 0.00000420. The van der Waals surface area contributed by atoms with Gasteiger partial charge in [0.05, 0.1) is 5.97 Å². The van der Waals surface area contributed by atoms with Crippen molar-refractivity contribution in [2.75, 3.05) is 5.32 Å². The predicted molar refractivity (Wildman–Crippen MR) is 144 cm³/mol. The van der Waals surface area contributed by atoms with Crippen LogP contribution in [0.3, 0.4) is 0 Å². The van der Waals surface area contributed by atoms with E-state index in [4.69, 9.17) is 9.57 Å². The van der Waals surface area contributed by atoms with Crippen LogP contribution in [0.2, 0.25) is 0 Å². The minimum Gasteiger partial charge on any atom is -0.543 e. The molecule has 1 N–H and O–H groups in total. The zero-order valence-corrected chi connectivity index (χ0v) is 22.9. The van der Waals surface area contributed by atoms with Crippen LogP contribution in [-0.4, -0.2) is 28.4 Å². The summed E-state index contributed by atoms with van der Waals surface area (Å²) in [5.74, 6) is -1.58. The Kier molecular flexibility index (Phi) is 9.70. The molecule has 1 heterocycles. The minimum atomic E-state index is -1.58. The molecule has 39 heavy (non-hydrogen) atoms. The van der Waals surface area contributed by atoms with E-state index in [1.165, 1.54) is 5.38 Å². The first-order valence-electron chi connectivity index (χ1n) is 11.8. The molecule has 1 aromatic heterocycles. The molecule has 0 spiro atoms. The van der Waals surface area contributed by atoms with E-state index < -0.39 is 29.0 Å². The molecule has 4 rings (SSSR count). The molecule has 0 atom stereocenters. The Hall–Kier alpha value is -3.90. The Morgan fingerprint density at radius 2 is 1.31 bits per heavy atom. The Morgan fingerprint density at radius 1 is 0.846 bits per heavy atom. The van der Waals surface area contributed by atoms with Crippen molar-refractivity contribution in [3.63, 3.8) is 0 Å². The summed E-state index contributed by atoms with van der Waals surface area (Å²) < 4.78 is 5.23. The summed E-state index contributed by atoms with van der Waals surface area (Å²) in [6.45, 7) is 5.20. The monoisotopic (exact) mass is 535 g/mol. The molecule has 4 aromatic rings. The molecule has 0 fully saturated rings. The molecule has 0 saturated heterocycles. The van der Waals surface area contributed by atoms with Crippen molar-refractivity contribution in [1.29, 1.82) is 0 Å². The molecule has 0 saturated carbocycles. The number of hydrogen-bond donors (Lipinski definition) is 1. The molecule has 1 amide bonds. The number of carbonyl (C=O) groups is 2. The fraction of sp³-hybridized carbons (Fsp3) is 0.172. The summed E-state index contributed by atoms with van der Waals surface area (Å²) in [5, 5.41) is 20.4. The van der Waals surface area contributed by atoms with Gasteiger partial charge >= 0.3 is 25.0 Å². The maximum absolute atomic E-state index is 12.2. The van der Waals surface area contributed by atoms with E-state index in [0.717, 1.165) is 28.0 Å². The van der Waals surface area contributed by atoms with Gasteiger partial charge in [-0.1, -0.05) is 96.2 Å². The standard InChI is InChI=1S/C29H27N3O5S.Li/c1-28(2,3)36-27(35)31-26-30-23(19-38-26)24(25(33)34)32-37-29(20-13-7-4-8-14-20,21-15-9-5-10-16-21)22-17-11-6-12-18-22;/h4-19H,1-3H3,(H,33,34)(H,30,31,35);/q;+1/p-1. The summed E-state index contributed by atoms with van der Waals surface area (Å²) >= 11 is 1.02. The normalized spacial score (nSPS) is 11.7. The van der Waals surface area contributed by atoms with E-state index in [-0.39, 0.29) is 29.7 Å². The third-order valence-electron chi connectivity index (χ3n) is 5.36. The molecule has 8 nitrogen and oxygen atoms in total. The van der Waals surface area contributed by atoms with Crippen molar-refractivity contribution in [2.24, 2.45) is 5.16 Å². The number of carboxylic acids is 1. The first kappa shape index (κ1) is 29.7. The topological polar surface area (TPSA) is 113 Å². The number of hydrogen-bond acceptors (Lipinski definition) is 8. The number of carbonyl (C=O) groups excluding carboxylic acids is 2. The van der Waals surface area contributed by atoms with Gasteiger partial charge in [0.1, 0.15) is 11.3 Å². The third kappa shape index (κ3) is 7.15. The van der Waals surface area contributed by atoms with Gasteiger partial charge in [0.2, 0.25) is 5.60 Å². The second kappa shape index (κ2) is 12.8. The SMILES string of the molecule is CC(C)(C)OC(=O)Nc1nc(C(=NOC(c2ccccc2)(c2ccccc2)c2ccccc2)C(=O)[O-])cs1.[Li+]. The maximum Gasteiger partial charge on any atom is 1.00 e. The number of ether oxygens (including phenoxy) is 1. The van der Waals surface area contributed by atoms with Gasteiger partial charge in [-0.25, -0.2) is 9.78 Å². The molecular formula is C29H26LiN3O5S. The zero-order valence-electron chi connectivity index (χ0n) is 22.1. The first-order chi connectivity index (χ1) is 18.2. The average Bonchev–Trinajstić information content (AvgIpc) is 3.34. The van der Waals surface area contributed by atoms with E-state index in [0.29, 0.717) is 0 Å². The van der Waals surface area contributed by atoms with Crippen molar-refractivity contribution in [3.05, 3.63) is 119 Å². The molecule has 0 aliphatic heterocycles. The van der Waals surface area contributed by atoms with Crippen molar-refractivity contribution in [1.82, 2.24) is 4.98 Å². The molecule has 0 unspecified atom stereocenters. The molecule has 10 heteroatoms. The second-order valence-electron chi connectivity index (χ2n) is 9.26. The van der Waals surface area contributed by atoms with Crippen LogP contribution in [0.5, 0.6) is 0 Å². The predicted octanol–water partition coefficient (Wildman–Crippen LogP) is 1.96. The summed E-state index contributed by atoms with van der Waals surface area (Å²) in [5.41, 5.74) is -0.309. The number of rotatable bonds is 8. The van der Waals surface area contributed by atoms with Gasteiger partial charge in [-0.05, 0) is 20.8 Å². The largest absolute Gasteiger partial charge is 1.00 e. The van der Waals surface area contributed by atoms with Gasteiger partial charge < -0.3 is 19.5 Å². The van der Waals surface area contributed by atoms with Crippen LogP contribution in [0.1, 0.15) is 43.2 Å². The summed E-state index contributed by atoms with van der Waals surface area (Å²) in [4.78, 5) is 34.7. The Labute approximate surface area is 242 Å². The van der Waals surface area contributed by atoms with Crippen LogP contribution in [0, 0.1) is 0 Å². The van der Waals surface area contributed by atoms with Gasteiger partial charge in [-0.15, -0.1) is 11.3 Å². The smallest absolute Gasteiger partial charge is 0.543 e. The van der Waals surface area contributed by atoms with E-state index in [9.17, 15) is 14.7 Å². The maximum atomic E-state index is 12.2. The summed E-state index contributed by atoms with van der Waals surface area (Å²) in [7, 11) is 0. The molecule has 3 aromatic carbocycles. The van der Waals surface area contributed by atoms with Crippen LogP contribution < -0.4 is 29.3 Å². The molecule has 0 aliphatic rings. The number of nitrogens with one attached hydrogen (secondary N) is 1. The van der Waals surface area contributed by atoms with Gasteiger partial charge in [-0.2, -0.15) is 0 Å². The van der Waals surface area contributed by atoms with Gasteiger partial charge in [0, 0.05) is 22.1 Å². The first-order valence-corrected chi connectivity index (χ1v) is 12.7. The van der Waals surface area contributed by atoms with E-state index in [1.54, 1.807) is 20.8 Å². The number of amides is 1. The number of benzene rings is 3. The van der Waals surface area contributed by atoms with E-state index in [1.807, 2.05) is 91.0 Å². The molecule has 0 radical (unpaired) electrons. The quantitative estimate of drug-likeness (QED) is 0.160. The number of aromatic nitrogens is 1. The number of carboxylic acid groups (broad SMARTS) is 1. The number of anilines is 1. The molecule has 194 valence electrons. The zero-order chi connectivity index (χ0) is 27.2. The third-order valence-corrected chi connectivity index (χ3v) is 6.12. The van der Waals surface area contributed by atoms with Crippen LogP contribution in [0.15, 0.2) is 102 Å². The van der Waals surface area contributed by atoms with Crippen molar-refractivity contribution in [2.45, 2.75) is 32.0 Å². The Bertz CT molecular complexity index is 1320. The minimum absolute atomic E-state index is 0. The average molecular weight is 536 g/mol. The summed E-state index contributed by atoms with van der Waals surface area (Å²) in [6, 6.07) is 28.2. The number of oxime groups is 1.